The van der Waals surface area contributed by atoms with Crippen LogP contribution < -0.4 is 15.2 Å². The maximum Gasteiger partial charge on any atom is 0.387 e. The molecule has 0 radical (unpaired) electrons. The van der Waals surface area contributed by atoms with E-state index in [0.29, 0.717) is 12.6 Å². The molecule has 3 atom stereocenters. The Hall–Kier alpha value is -2.87. The van der Waals surface area contributed by atoms with Crippen LogP contribution >= 0.6 is 0 Å². The van der Waals surface area contributed by atoms with Gasteiger partial charge in [-0.1, -0.05) is 25.1 Å². The summed E-state index contributed by atoms with van der Waals surface area (Å²) in [7, 11) is 5.35. The summed E-state index contributed by atoms with van der Waals surface area (Å²) in [6.07, 6.45) is 0.671. The van der Waals surface area contributed by atoms with Crippen LogP contribution in [-0.2, 0) is 4.74 Å². The number of aliphatic imine (C=N–C) groups is 1. The second kappa shape index (κ2) is 9.96. The van der Waals surface area contributed by atoms with E-state index in [9.17, 15) is 8.78 Å². The van der Waals surface area contributed by atoms with Crippen molar-refractivity contribution in [2.75, 3.05) is 27.8 Å². The van der Waals surface area contributed by atoms with Crippen LogP contribution in [0.2, 0.25) is 0 Å². The van der Waals surface area contributed by atoms with Gasteiger partial charge in [0.05, 0.1) is 6.04 Å². The zero-order valence-corrected chi connectivity index (χ0v) is 18.2. The van der Waals surface area contributed by atoms with Gasteiger partial charge in [-0.05, 0) is 35.4 Å². The zero-order valence-electron chi connectivity index (χ0n) is 18.2. The van der Waals surface area contributed by atoms with Gasteiger partial charge in [-0.2, -0.15) is 8.78 Å². The van der Waals surface area contributed by atoms with E-state index in [1.54, 1.807) is 24.1 Å². The van der Waals surface area contributed by atoms with E-state index in [0.717, 1.165) is 28.9 Å². The minimum Gasteiger partial charge on any atom is -0.490 e. The second-order valence-corrected chi connectivity index (χ2v) is 7.78. The highest BCUT2D eigenvalue weighted by Gasteiger charge is 2.35. The van der Waals surface area contributed by atoms with Crippen molar-refractivity contribution in [1.29, 1.82) is 0 Å². The molecule has 6 nitrogen and oxygen atoms in total. The van der Waals surface area contributed by atoms with Crippen LogP contribution in [0.4, 0.5) is 8.78 Å². The molecule has 31 heavy (non-hydrogen) atoms. The van der Waals surface area contributed by atoms with Crippen LogP contribution in [0.3, 0.4) is 0 Å². The van der Waals surface area contributed by atoms with Gasteiger partial charge >= 0.3 is 6.61 Å². The lowest BCUT2D eigenvalue weighted by Crippen LogP contribution is -2.37. The number of halogens is 2. The van der Waals surface area contributed by atoms with Crippen LogP contribution in [0.5, 0.6) is 11.5 Å². The summed E-state index contributed by atoms with van der Waals surface area (Å²) in [5.41, 5.74) is 8.67. The number of rotatable bonds is 7. The normalized spacial score (nSPS) is 20.9. The Morgan fingerprint density at radius 2 is 1.94 bits per heavy atom. The van der Waals surface area contributed by atoms with Crippen LogP contribution in [0.15, 0.2) is 47.5 Å². The van der Waals surface area contributed by atoms with E-state index in [1.165, 1.54) is 6.07 Å². The molecular formula is C23H29F2N3O3. The van der Waals surface area contributed by atoms with Crippen LogP contribution in [-0.4, -0.2) is 51.4 Å². The quantitative estimate of drug-likeness (QED) is 0.521. The van der Waals surface area contributed by atoms with E-state index in [1.807, 2.05) is 38.4 Å². The lowest BCUT2D eigenvalue weighted by Gasteiger charge is -2.36. The molecule has 2 aromatic rings. The SMILES string of the molecule is COCC[C@@H]1Oc2ccc(-c3cccc(OC(F)F)c3)cc2[C@H](N=C(N)N(C)C)C1C. The Morgan fingerprint density at radius 1 is 1.19 bits per heavy atom. The summed E-state index contributed by atoms with van der Waals surface area (Å²) >= 11 is 0. The van der Waals surface area contributed by atoms with E-state index in [-0.39, 0.29) is 23.8 Å². The summed E-state index contributed by atoms with van der Waals surface area (Å²) in [5.74, 6) is 1.34. The molecule has 2 N–H and O–H groups in total. The number of nitrogens with two attached hydrogens (primary N) is 1. The van der Waals surface area contributed by atoms with E-state index < -0.39 is 6.61 Å². The van der Waals surface area contributed by atoms with Gasteiger partial charge in [0.15, 0.2) is 5.96 Å². The minimum absolute atomic E-state index is 0.0601. The molecule has 0 spiro atoms. The number of benzene rings is 2. The molecule has 0 fully saturated rings. The summed E-state index contributed by atoms with van der Waals surface area (Å²) < 4.78 is 41.3. The van der Waals surface area contributed by atoms with E-state index >= 15 is 0 Å². The number of hydrogen-bond acceptors (Lipinski definition) is 4. The van der Waals surface area contributed by atoms with E-state index in [4.69, 9.17) is 20.2 Å². The fourth-order valence-corrected chi connectivity index (χ4v) is 3.68. The van der Waals surface area contributed by atoms with E-state index in [2.05, 4.69) is 11.7 Å². The van der Waals surface area contributed by atoms with Gasteiger partial charge in [0.25, 0.3) is 0 Å². The first kappa shape index (κ1) is 22.8. The van der Waals surface area contributed by atoms with Gasteiger partial charge in [0.1, 0.15) is 17.6 Å². The maximum atomic E-state index is 12.6. The molecule has 1 aliphatic heterocycles. The number of guanidine groups is 1. The van der Waals surface area contributed by atoms with Crippen molar-refractivity contribution in [3.8, 4) is 22.6 Å². The van der Waals surface area contributed by atoms with Crippen molar-refractivity contribution in [2.24, 2.45) is 16.6 Å². The smallest absolute Gasteiger partial charge is 0.387 e. The molecule has 0 bridgehead atoms. The van der Waals surface area contributed by atoms with Crippen LogP contribution in [0.25, 0.3) is 11.1 Å². The van der Waals surface area contributed by atoms with Crippen molar-refractivity contribution in [3.63, 3.8) is 0 Å². The van der Waals surface area contributed by atoms with Crippen molar-refractivity contribution < 1.29 is 23.0 Å². The first-order chi connectivity index (χ1) is 14.8. The van der Waals surface area contributed by atoms with Crippen molar-refractivity contribution in [2.45, 2.75) is 32.1 Å². The maximum absolute atomic E-state index is 12.6. The highest BCUT2D eigenvalue weighted by Crippen LogP contribution is 2.43. The monoisotopic (exact) mass is 433 g/mol. The van der Waals surface area contributed by atoms with Gasteiger partial charge in [0, 0.05) is 45.7 Å². The fraction of sp³-hybridized carbons (Fsp3) is 0.435. The summed E-state index contributed by atoms with van der Waals surface area (Å²) in [6.45, 7) is -0.201. The second-order valence-electron chi connectivity index (χ2n) is 7.78. The Kier molecular flexibility index (Phi) is 7.33. The summed E-state index contributed by atoms with van der Waals surface area (Å²) in [4.78, 5) is 6.55. The summed E-state index contributed by atoms with van der Waals surface area (Å²) in [5, 5.41) is 0. The molecule has 168 valence electrons. The van der Waals surface area contributed by atoms with Crippen molar-refractivity contribution in [3.05, 3.63) is 48.0 Å². The molecule has 1 heterocycles. The highest BCUT2D eigenvalue weighted by atomic mass is 19.3. The Balaban J connectivity index is 2.01. The molecule has 1 unspecified atom stereocenters. The predicted molar refractivity (Wildman–Crippen MR) is 117 cm³/mol. The molecule has 0 aromatic heterocycles. The van der Waals surface area contributed by atoms with Crippen LogP contribution in [0.1, 0.15) is 24.9 Å². The summed E-state index contributed by atoms with van der Waals surface area (Å²) in [6, 6.07) is 12.2. The number of alkyl halides is 2. The first-order valence-corrected chi connectivity index (χ1v) is 10.2. The molecule has 0 amide bonds. The third-order valence-electron chi connectivity index (χ3n) is 5.42. The number of methoxy groups -OCH3 is 1. The zero-order chi connectivity index (χ0) is 22.5. The minimum atomic E-state index is -2.87. The van der Waals surface area contributed by atoms with Gasteiger partial charge in [0.2, 0.25) is 0 Å². The number of hydrogen-bond donors (Lipinski definition) is 1. The molecule has 3 rings (SSSR count). The molecule has 0 saturated heterocycles. The van der Waals surface area contributed by atoms with Gasteiger partial charge in [-0.3, -0.25) is 0 Å². The van der Waals surface area contributed by atoms with Gasteiger partial charge in [-0.25, -0.2) is 4.99 Å². The highest BCUT2D eigenvalue weighted by molar-refractivity contribution is 5.78. The van der Waals surface area contributed by atoms with Crippen LogP contribution in [0, 0.1) is 5.92 Å². The van der Waals surface area contributed by atoms with Gasteiger partial charge < -0.3 is 24.8 Å². The average molecular weight is 433 g/mol. The lowest BCUT2D eigenvalue weighted by atomic mass is 9.84. The number of ether oxygens (including phenoxy) is 3. The standard InChI is InChI=1S/C23H29F2N3O3/c1-14-19(10-11-29-4)31-20-9-8-16(13-18(20)21(14)27-23(26)28(2)3)15-6-5-7-17(12-15)30-22(24)25/h5-9,12-14,19,21-22H,10-11H2,1-4H3,(H2,26,27)/t14?,19-,21+/m0/s1. The Labute approximate surface area is 181 Å². The van der Waals surface area contributed by atoms with Gasteiger partial charge in [-0.15, -0.1) is 0 Å². The number of nitrogens with zero attached hydrogens (tertiary/aromatic N) is 2. The predicted octanol–water partition coefficient (Wildman–Crippen LogP) is 4.31. The fourth-order valence-electron chi connectivity index (χ4n) is 3.68. The first-order valence-electron chi connectivity index (χ1n) is 10.2. The third kappa shape index (κ3) is 5.44. The Morgan fingerprint density at radius 3 is 2.61 bits per heavy atom. The molecule has 0 saturated carbocycles. The molecule has 2 aromatic carbocycles. The lowest BCUT2D eigenvalue weighted by molar-refractivity contribution is -0.0498. The van der Waals surface area contributed by atoms with Crippen molar-refractivity contribution >= 4 is 5.96 Å². The average Bonchev–Trinajstić information content (AvgIpc) is 2.73. The largest absolute Gasteiger partial charge is 0.490 e. The Bertz CT molecular complexity index is 921. The molecule has 8 heteroatoms. The van der Waals surface area contributed by atoms with Crippen molar-refractivity contribution in [1.82, 2.24) is 4.90 Å². The molecule has 1 aliphatic rings. The molecular weight excluding hydrogens is 404 g/mol. The topological polar surface area (TPSA) is 69.3 Å². The number of fused-ring (bicyclic) bond motifs is 1. The molecule has 0 aliphatic carbocycles. The third-order valence-corrected chi connectivity index (χ3v) is 5.42.